The van der Waals surface area contributed by atoms with E-state index >= 15 is 0 Å². The van der Waals surface area contributed by atoms with E-state index in [1.54, 1.807) is 39.9 Å². The number of ether oxygens (including phenoxy) is 4. The van der Waals surface area contributed by atoms with E-state index in [-0.39, 0.29) is 30.5 Å². The topological polar surface area (TPSA) is 86.3 Å². The van der Waals surface area contributed by atoms with Crippen LogP contribution in [-0.4, -0.2) is 73.8 Å². The summed E-state index contributed by atoms with van der Waals surface area (Å²) in [6.07, 6.45) is 1.53. The summed E-state index contributed by atoms with van der Waals surface area (Å²) in [6, 6.07) is -1.19. The minimum Gasteiger partial charge on any atom is -0.444 e. The molecule has 0 saturated carbocycles. The van der Waals surface area contributed by atoms with Crippen molar-refractivity contribution in [3.63, 3.8) is 0 Å². The molecule has 2 aliphatic rings. The highest BCUT2D eigenvalue weighted by Crippen LogP contribution is 2.43. The van der Waals surface area contributed by atoms with Crippen LogP contribution in [0.4, 0.5) is 4.79 Å². The zero-order valence-electron chi connectivity index (χ0n) is 19.2. The standard InChI is InChI=1S/C21H34Br2N2O6/c1-12(2)8-14(24-19(27)31-20(3,4)5)18(26)25-10-13(9-15(22)23)16-17(25)21(28-6,29-7)11-30-16/h9,12-14,16-17H,8,10-11H2,1-7H3,(H,24,27)/t13-,14+,16-,17+/m1/s1. The molecule has 0 bridgehead atoms. The van der Waals surface area contributed by atoms with Crippen LogP contribution in [0, 0.1) is 11.8 Å². The summed E-state index contributed by atoms with van der Waals surface area (Å²) in [5, 5.41) is 2.77. The van der Waals surface area contributed by atoms with Crippen LogP contribution in [0.3, 0.4) is 0 Å². The molecule has 0 aliphatic carbocycles. The van der Waals surface area contributed by atoms with Crippen molar-refractivity contribution in [1.29, 1.82) is 0 Å². The summed E-state index contributed by atoms with van der Waals surface area (Å²) in [4.78, 5) is 27.9. The summed E-state index contributed by atoms with van der Waals surface area (Å²) < 4.78 is 23.6. The molecule has 1 N–H and O–H groups in total. The van der Waals surface area contributed by atoms with Gasteiger partial charge in [-0.25, -0.2) is 4.79 Å². The van der Waals surface area contributed by atoms with Crippen LogP contribution < -0.4 is 5.32 Å². The molecular formula is C21H34Br2N2O6. The number of likely N-dealkylation sites (tertiary alicyclic amines) is 1. The molecule has 2 rings (SSSR count). The number of nitrogens with one attached hydrogen (secondary N) is 1. The first-order valence-corrected chi connectivity index (χ1v) is 12.0. The predicted octanol–water partition coefficient (Wildman–Crippen LogP) is 3.77. The Kier molecular flexibility index (Phi) is 9.00. The van der Waals surface area contributed by atoms with E-state index in [0.717, 1.165) is 3.39 Å². The number of methoxy groups -OCH3 is 2. The highest BCUT2D eigenvalue weighted by Gasteiger charge is 2.61. The molecule has 4 atom stereocenters. The fraction of sp³-hybridized carbons (Fsp3) is 0.810. The number of rotatable bonds is 7. The lowest BCUT2D eigenvalue weighted by atomic mass is 9.98. The van der Waals surface area contributed by atoms with Crippen LogP contribution in [0.5, 0.6) is 0 Å². The molecule has 2 fully saturated rings. The number of alkyl carbamates (subject to hydrolysis) is 1. The quantitative estimate of drug-likeness (QED) is 0.470. The molecule has 8 nitrogen and oxygen atoms in total. The molecule has 0 radical (unpaired) electrons. The normalized spacial score (nSPS) is 25.9. The van der Waals surface area contributed by atoms with Gasteiger partial charge in [-0.1, -0.05) is 19.9 Å². The lowest BCUT2D eigenvalue weighted by Gasteiger charge is -2.37. The van der Waals surface area contributed by atoms with Gasteiger partial charge in [0.15, 0.2) is 0 Å². The molecule has 0 aromatic carbocycles. The second kappa shape index (κ2) is 10.5. The highest BCUT2D eigenvalue weighted by atomic mass is 79.9. The third-order valence-electron chi connectivity index (χ3n) is 5.41. The molecule has 0 aromatic rings. The zero-order valence-corrected chi connectivity index (χ0v) is 22.4. The number of fused-ring (bicyclic) bond motifs is 1. The van der Waals surface area contributed by atoms with Gasteiger partial charge in [0.25, 0.3) is 0 Å². The minimum absolute atomic E-state index is 0.0731. The predicted molar refractivity (Wildman–Crippen MR) is 124 cm³/mol. The maximum atomic E-state index is 13.7. The van der Waals surface area contributed by atoms with E-state index in [2.05, 4.69) is 37.2 Å². The van der Waals surface area contributed by atoms with Crippen LogP contribution >= 0.6 is 31.9 Å². The lowest BCUT2D eigenvalue weighted by Crippen LogP contribution is -2.59. The van der Waals surface area contributed by atoms with Crippen LogP contribution in [0.25, 0.3) is 0 Å². The van der Waals surface area contributed by atoms with Crippen molar-refractivity contribution in [2.75, 3.05) is 27.4 Å². The molecule has 0 spiro atoms. The Labute approximate surface area is 201 Å². The Morgan fingerprint density at radius 3 is 2.35 bits per heavy atom. The number of hydrogen-bond acceptors (Lipinski definition) is 6. The van der Waals surface area contributed by atoms with Crippen molar-refractivity contribution in [3.8, 4) is 0 Å². The van der Waals surface area contributed by atoms with Gasteiger partial charge in [-0.2, -0.15) is 0 Å². The fourth-order valence-electron chi connectivity index (χ4n) is 4.18. The Balaban J connectivity index is 2.34. The Morgan fingerprint density at radius 1 is 1.26 bits per heavy atom. The summed E-state index contributed by atoms with van der Waals surface area (Å²) in [7, 11) is 3.10. The molecule has 2 aliphatic heterocycles. The average molecular weight is 570 g/mol. The van der Waals surface area contributed by atoms with Gasteiger partial charge in [0, 0.05) is 26.7 Å². The molecule has 31 heavy (non-hydrogen) atoms. The van der Waals surface area contributed by atoms with Crippen LogP contribution in [0.15, 0.2) is 9.47 Å². The minimum atomic E-state index is -1.07. The summed E-state index contributed by atoms with van der Waals surface area (Å²) in [5.41, 5.74) is -0.660. The molecule has 0 aromatic heterocycles. The Morgan fingerprint density at radius 2 is 1.87 bits per heavy atom. The Bertz CT molecular complexity index is 686. The number of amides is 2. The van der Waals surface area contributed by atoms with E-state index in [1.807, 2.05) is 19.9 Å². The summed E-state index contributed by atoms with van der Waals surface area (Å²) in [5.74, 6) is -1.17. The van der Waals surface area contributed by atoms with Gasteiger partial charge in [0.2, 0.25) is 11.7 Å². The van der Waals surface area contributed by atoms with Gasteiger partial charge in [-0.3, -0.25) is 4.79 Å². The third kappa shape index (κ3) is 6.43. The van der Waals surface area contributed by atoms with E-state index in [9.17, 15) is 9.59 Å². The van der Waals surface area contributed by atoms with Gasteiger partial charge < -0.3 is 29.2 Å². The van der Waals surface area contributed by atoms with Crippen molar-refractivity contribution in [2.45, 2.75) is 70.6 Å². The number of hydrogen-bond donors (Lipinski definition) is 1. The molecule has 2 heterocycles. The zero-order chi connectivity index (χ0) is 23.6. The molecule has 2 saturated heterocycles. The SMILES string of the molecule is COC1(OC)CO[C@@H]2[C@H](C=C(Br)Br)CN(C(=O)[C@H](CC(C)C)NC(=O)OC(C)(C)C)[C@@H]21. The van der Waals surface area contributed by atoms with E-state index in [1.165, 1.54) is 0 Å². The first-order chi connectivity index (χ1) is 14.3. The fourth-order valence-corrected chi connectivity index (χ4v) is 4.86. The van der Waals surface area contributed by atoms with Crippen LogP contribution in [0.2, 0.25) is 0 Å². The van der Waals surface area contributed by atoms with Crippen molar-refractivity contribution in [3.05, 3.63) is 9.47 Å². The molecule has 10 heteroatoms. The smallest absolute Gasteiger partial charge is 0.408 e. The Hall–Kier alpha value is -0.680. The van der Waals surface area contributed by atoms with Crippen LogP contribution in [-0.2, 0) is 23.7 Å². The first kappa shape index (κ1) is 26.6. The summed E-state index contributed by atoms with van der Waals surface area (Å²) in [6.45, 7) is 9.98. The van der Waals surface area contributed by atoms with E-state index in [4.69, 9.17) is 18.9 Å². The van der Waals surface area contributed by atoms with Crippen molar-refractivity contribution < 1.29 is 28.5 Å². The largest absolute Gasteiger partial charge is 0.444 e. The monoisotopic (exact) mass is 568 g/mol. The molecule has 178 valence electrons. The molecule has 0 unspecified atom stereocenters. The summed E-state index contributed by atoms with van der Waals surface area (Å²) >= 11 is 6.81. The van der Waals surface area contributed by atoms with Gasteiger partial charge in [-0.05, 0) is 65.0 Å². The number of nitrogens with zero attached hydrogens (tertiary/aromatic N) is 1. The maximum absolute atomic E-state index is 13.7. The molecular weight excluding hydrogens is 536 g/mol. The lowest BCUT2D eigenvalue weighted by molar-refractivity contribution is -0.227. The van der Waals surface area contributed by atoms with Crippen molar-refractivity contribution >= 4 is 43.9 Å². The number of carbonyl (C=O) groups excluding carboxylic acids is 2. The number of carbonyl (C=O) groups is 2. The van der Waals surface area contributed by atoms with Crippen molar-refractivity contribution in [2.24, 2.45) is 11.8 Å². The average Bonchev–Trinajstić information content (AvgIpc) is 3.17. The van der Waals surface area contributed by atoms with E-state index in [0.29, 0.717) is 13.0 Å². The van der Waals surface area contributed by atoms with Crippen LogP contribution in [0.1, 0.15) is 41.0 Å². The maximum Gasteiger partial charge on any atom is 0.408 e. The number of halogens is 2. The van der Waals surface area contributed by atoms with Crippen molar-refractivity contribution in [1.82, 2.24) is 10.2 Å². The van der Waals surface area contributed by atoms with Gasteiger partial charge in [0.05, 0.1) is 9.50 Å². The second-order valence-corrected chi connectivity index (χ2v) is 12.2. The second-order valence-electron chi connectivity index (χ2n) is 9.38. The van der Waals surface area contributed by atoms with E-state index < -0.39 is 29.6 Å². The third-order valence-corrected chi connectivity index (χ3v) is 5.94. The van der Waals surface area contributed by atoms with Gasteiger partial charge in [-0.15, -0.1) is 0 Å². The highest BCUT2D eigenvalue weighted by molar-refractivity contribution is 9.28. The van der Waals surface area contributed by atoms with Gasteiger partial charge in [0.1, 0.15) is 24.3 Å². The molecule has 2 amide bonds. The first-order valence-electron chi connectivity index (χ1n) is 10.4. The van der Waals surface area contributed by atoms with Gasteiger partial charge >= 0.3 is 6.09 Å².